The van der Waals surface area contributed by atoms with Gasteiger partial charge in [0, 0.05) is 5.39 Å². The molecule has 21 heavy (non-hydrogen) atoms. The molecule has 2 heterocycles. The molecule has 7 heteroatoms. The predicted molar refractivity (Wildman–Crippen MR) is 72.5 cm³/mol. The van der Waals surface area contributed by atoms with Gasteiger partial charge in [-0.25, -0.2) is 9.67 Å². The van der Waals surface area contributed by atoms with Gasteiger partial charge in [-0.1, -0.05) is 12.1 Å². The van der Waals surface area contributed by atoms with Crippen LogP contribution in [0.2, 0.25) is 0 Å². The van der Waals surface area contributed by atoms with Gasteiger partial charge >= 0.3 is 6.18 Å². The van der Waals surface area contributed by atoms with Crippen LogP contribution in [0.15, 0.2) is 42.6 Å². The van der Waals surface area contributed by atoms with E-state index in [4.69, 9.17) is 5.73 Å². The molecule has 3 aromatic rings. The molecule has 0 radical (unpaired) electrons. The lowest BCUT2D eigenvalue weighted by Gasteiger charge is -2.08. The van der Waals surface area contributed by atoms with Crippen molar-refractivity contribution < 1.29 is 13.2 Å². The molecule has 2 aromatic heterocycles. The summed E-state index contributed by atoms with van der Waals surface area (Å²) in [6.07, 6.45) is -2.68. The highest BCUT2D eigenvalue weighted by atomic mass is 19.4. The Kier molecular flexibility index (Phi) is 3.04. The van der Waals surface area contributed by atoms with E-state index in [0.717, 1.165) is 17.5 Å². The van der Waals surface area contributed by atoms with Gasteiger partial charge in [-0.05, 0) is 29.8 Å². The monoisotopic (exact) mass is 292 g/mol. The van der Waals surface area contributed by atoms with Crippen molar-refractivity contribution >= 4 is 16.9 Å². The van der Waals surface area contributed by atoms with E-state index < -0.39 is 11.7 Å². The van der Waals surface area contributed by atoms with Crippen molar-refractivity contribution in [3.63, 3.8) is 0 Å². The average molecular weight is 292 g/mol. The second-order valence-corrected chi connectivity index (χ2v) is 4.65. The Morgan fingerprint density at radius 3 is 2.43 bits per heavy atom. The molecular weight excluding hydrogens is 281 g/mol. The van der Waals surface area contributed by atoms with E-state index in [9.17, 15) is 13.2 Å². The van der Waals surface area contributed by atoms with E-state index in [-0.39, 0.29) is 0 Å². The minimum Gasteiger partial charge on any atom is -0.384 e. The molecule has 4 nitrogen and oxygen atoms in total. The minimum atomic E-state index is -4.33. The summed E-state index contributed by atoms with van der Waals surface area (Å²) in [6.45, 7) is 0.331. The highest BCUT2D eigenvalue weighted by molar-refractivity contribution is 5.76. The van der Waals surface area contributed by atoms with Crippen molar-refractivity contribution in [2.75, 3.05) is 5.73 Å². The summed E-state index contributed by atoms with van der Waals surface area (Å²) in [7, 11) is 0. The van der Waals surface area contributed by atoms with Crippen LogP contribution in [0.25, 0.3) is 11.0 Å². The van der Waals surface area contributed by atoms with Crippen LogP contribution in [0.1, 0.15) is 11.1 Å². The zero-order valence-electron chi connectivity index (χ0n) is 10.8. The number of rotatable bonds is 2. The maximum absolute atomic E-state index is 12.5. The van der Waals surface area contributed by atoms with Crippen LogP contribution >= 0.6 is 0 Å². The molecule has 108 valence electrons. The van der Waals surface area contributed by atoms with E-state index in [1.165, 1.54) is 12.1 Å². The minimum absolute atomic E-state index is 0.331. The number of halogens is 3. The van der Waals surface area contributed by atoms with E-state index in [1.807, 2.05) is 0 Å². The molecule has 0 saturated carbocycles. The molecule has 0 aliphatic heterocycles. The van der Waals surface area contributed by atoms with Gasteiger partial charge in [0.1, 0.15) is 5.82 Å². The Labute approximate surface area is 118 Å². The second-order valence-electron chi connectivity index (χ2n) is 4.65. The maximum Gasteiger partial charge on any atom is 0.416 e. The number of nitrogen functional groups attached to an aromatic ring is 1. The first-order valence-corrected chi connectivity index (χ1v) is 6.18. The first-order chi connectivity index (χ1) is 9.93. The first-order valence-electron chi connectivity index (χ1n) is 6.18. The Morgan fingerprint density at radius 2 is 1.76 bits per heavy atom. The number of hydrogen-bond acceptors (Lipinski definition) is 3. The van der Waals surface area contributed by atoms with Gasteiger partial charge in [0.15, 0.2) is 5.65 Å². The van der Waals surface area contributed by atoms with Gasteiger partial charge in [0.25, 0.3) is 0 Å². The number of nitrogens with two attached hydrogens (primary N) is 1. The zero-order valence-corrected chi connectivity index (χ0v) is 10.8. The van der Waals surface area contributed by atoms with Crippen molar-refractivity contribution in [3.05, 3.63) is 53.7 Å². The van der Waals surface area contributed by atoms with Crippen molar-refractivity contribution in [3.8, 4) is 0 Å². The summed E-state index contributed by atoms with van der Waals surface area (Å²) < 4.78 is 39.1. The van der Waals surface area contributed by atoms with Crippen molar-refractivity contribution in [2.45, 2.75) is 12.7 Å². The third-order valence-electron chi connectivity index (χ3n) is 3.12. The van der Waals surface area contributed by atoms with Crippen LogP contribution in [0.5, 0.6) is 0 Å². The molecule has 2 N–H and O–H groups in total. The Morgan fingerprint density at radius 1 is 1.05 bits per heavy atom. The molecule has 0 amide bonds. The summed E-state index contributed by atoms with van der Waals surface area (Å²) in [5.41, 5.74) is 6.28. The third kappa shape index (κ3) is 2.67. The molecule has 1 aromatic carbocycles. The predicted octanol–water partition coefficient (Wildman–Crippen LogP) is 3.08. The maximum atomic E-state index is 12.5. The number of hydrogen-bond donors (Lipinski definition) is 1. The van der Waals surface area contributed by atoms with Crippen LogP contribution in [0.3, 0.4) is 0 Å². The number of fused-ring (bicyclic) bond motifs is 1. The molecule has 0 aliphatic rings. The number of pyridine rings is 1. The normalized spacial score (nSPS) is 12.0. The largest absolute Gasteiger partial charge is 0.416 e. The van der Waals surface area contributed by atoms with Crippen LogP contribution in [-0.2, 0) is 12.7 Å². The van der Waals surface area contributed by atoms with Gasteiger partial charge in [0.2, 0.25) is 0 Å². The molecule has 0 unspecified atom stereocenters. The lowest BCUT2D eigenvalue weighted by molar-refractivity contribution is -0.137. The summed E-state index contributed by atoms with van der Waals surface area (Å²) in [4.78, 5) is 4.19. The van der Waals surface area contributed by atoms with Gasteiger partial charge in [-0.2, -0.15) is 18.3 Å². The standard InChI is InChI=1S/C14H11F3N4/c15-14(16,17)11-4-1-9(2-5-11)8-21-13-10(7-19-21)3-6-12(18)20-13/h1-7H,8H2,(H2,18,20). The van der Waals surface area contributed by atoms with Crippen LogP contribution in [0, 0.1) is 0 Å². The third-order valence-corrected chi connectivity index (χ3v) is 3.12. The van der Waals surface area contributed by atoms with Crippen molar-refractivity contribution in [1.29, 1.82) is 0 Å². The fraction of sp³-hybridized carbons (Fsp3) is 0.143. The summed E-state index contributed by atoms with van der Waals surface area (Å²) in [5.74, 6) is 0.372. The van der Waals surface area contributed by atoms with Crippen LogP contribution in [-0.4, -0.2) is 14.8 Å². The Bertz CT molecular complexity index is 775. The summed E-state index contributed by atoms with van der Waals surface area (Å²) in [6, 6.07) is 8.46. The first kappa shape index (κ1) is 13.4. The van der Waals surface area contributed by atoms with Crippen molar-refractivity contribution in [2.24, 2.45) is 0 Å². The highest BCUT2D eigenvalue weighted by Crippen LogP contribution is 2.29. The smallest absolute Gasteiger partial charge is 0.384 e. The topological polar surface area (TPSA) is 56.7 Å². The summed E-state index contributed by atoms with van der Waals surface area (Å²) in [5, 5.41) is 5.01. The summed E-state index contributed by atoms with van der Waals surface area (Å²) >= 11 is 0. The van der Waals surface area contributed by atoms with E-state index in [0.29, 0.717) is 23.6 Å². The molecule has 3 rings (SSSR count). The van der Waals surface area contributed by atoms with E-state index in [1.54, 1.807) is 23.0 Å². The van der Waals surface area contributed by atoms with E-state index in [2.05, 4.69) is 10.1 Å². The fourth-order valence-corrected chi connectivity index (χ4v) is 2.06. The average Bonchev–Trinajstić information content (AvgIpc) is 2.81. The number of alkyl halides is 3. The Balaban J connectivity index is 1.90. The zero-order chi connectivity index (χ0) is 15.0. The Hall–Kier alpha value is -2.57. The molecule has 0 fully saturated rings. The number of nitrogens with zero attached hydrogens (tertiary/aromatic N) is 3. The molecular formula is C14H11F3N4. The van der Waals surface area contributed by atoms with Crippen molar-refractivity contribution in [1.82, 2.24) is 14.8 Å². The quantitative estimate of drug-likeness (QED) is 0.789. The van der Waals surface area contributed by atoms with Gasteiger partial charge in [0.05, 0.1) is 18.3 Å². The fourth-order valence-electron chi connectivity index (χ4n) is 2.06. The van der Waals surface area contributed by atoms with Gasteiger partial charge in [-0.15, -0.1) is 0 Å². The molecule has 0 spiro atoms. The van der Waals surface area contributed by atoms with E-state index >= 15 is 0 Å². The SMILES string of the molecule is Nc1ccc2cnn(Cc3ccc(C(F)(F)F)cc3)c2n1. The van der Waals surface area contributed by atoms with Gasteiger partial charge < -0.3 is 5.73 Å². The van der Waals surface area contributed by atoms with Gasteiger partial charge in [-0.3, -0.25) is 0 Å². The number of anilines is 1. The molecule has 0 aliphatic carbocycles. The lowest BCUT2D eigenvalue weighted by Crippen LogP contribution is -2.06. The molecule has 0 atom stereocenters. The molecule has 0 saturated heterocycles. The number of benzene rings is 1. The highest BCUT2D eigenvalue weighted by Gasteiger charge is 2.29. The van der Waals surface area contributed by atoms with Crippen LogP contribution < -0.4 is 5.73 Å². The second kappa shape index (κ2) is 4.76. The number of aromatic nitrogens is 3. The molecule has 0 bridgehead atoms. The lowest BCUT2D eigenvalue weighted by atomic mass is 10.1. The van der Waals surface area contributed by atoms with Crippen LogP contribution in [0.4, 0.5) is 19.0 Å².